The summed E-state index contributed by atoms with van der Waals surface area (Å²) in [5.74, 6) is -0.0558. The maximum Gasteiger partial charge on any atom is 0.131 e. The molecule has 2 N–H and O–H groups in total. The molecular weight excluding hydrogens is 201 g/mol. The van der Waals surface area contributed by atoms with Crippen LogP contribution in [0.5, 0.6) is 0 Å². The number of benzene rings is 1. The van der Waals surface area contributed by atoms with Crippen molar-refractivity contribution in [1.82, 2.24) is 0 Å². The van der Waals surface area contributed by atoms with Crippen molar-refractivity contribution >= 4 is 12.4 Å². The van der Waals surface area contributed by atoms with E-state index < -0.39 is 0 Å². The molecule has 0 atom stereocenters. The lowest BCUT2D eigenvalue weighted by Crippen LogP contribution is -2.09. The highest BCUT2D eigenvalue weighted by molar-refractivity contribution is 5.85. The van der Waals surface area contributed by atoms with Crippen LogP contribution in [0.25, 0.3) is 0 Å². The van der Waals surface area contributed by atoms with Crippen LogP contribution in [0.15, 0.2) is 12.1 Å². The van der Waals surface area contributed by atoms with Crippen LogP contribution in [0.4, 0.5) is 4.39 Å². The average molecular weight is 216 g/mol. The second kappa shape index (κ2) is 4.76. The van der Waals surface area contributed by atoms with Gasteiger partial charge in [0.15, 0.2) is 0 Å². The first-order valence-corrected chi connectivity index (χ1v) is 4.82. The van der Waals surface area contributed by atoms with Crippen molar-refractivity contribution in [2.75, 3.05) is 0 Å². The number of rotatable bonds is 1. The van der Waals surface area contributed by atoms with Crippen LogP contribution in [0.3, 0.4) is 0 Å². The van der Waals surface area contributed by atoms with Gasteiger partial charge in [-0.25, -0.2) is 4.39 Å². The lowest BCUT2D eigenvalue weighted by atomic mass is 9.90. The first-order valence-electron chi connectivity index (χ1n) is 4.82. The predicted molar refractivity (Wildman–Crippen MR) is 58.2 cm³/mol. The molecule has 3 heteroatoms. The summed E-state index contributed by atoms with van der Waals surface area (Å²) in [6.07, 6.45) is 4.21. The first kappa shape index (κ1) is 11.5. The summed E-state index contributed by atoms with van der Waals surface area (Å²) in [7, 11) is 0. The second-order valence-corrected chi connectivity index (χ2v) is 3.59. The Kier molecular flexibility index (Phi) is 3.90. The van der Waals surface area contributed by atoms with Gasteiger partial charge in [-0.2, -0.15) is 0 Å². The van der Waals surface area contributed by atoms with E-state index in [-0.39, 0.29) is 18.2 Å². The van der Waals surface area contributed by atoms with E-state index >= 15 is 0 Å². The molecule has 1 aromatic rings. The Morgan fingerprint density at radius 3 is 2.64 bits per heavy atom. The van der Waals surface area contributed by atoms with Crippen LogP contribution in [-0.4, -0.2) is 0 Å². The van der Waals surface area contributed by atoms with Crippen LogP contribution >= 0.6 is 12.4 Å². The Morgan fingerprint density at radius 1 is 1.21 bits per heavy atom. The second-order valence-electron chi connectivity index (χ2n) is 3.59. The lowest BCUT2D eigenvalue weighted by Gasteiger charge is -2.17. The zero-order valence-electron chi connectivity index (χ0n) is 8.05. The van der Waals surface area contributed by atoms with Crippen molar-refractivity contribution in [2.45, 2.75) is 32.2 Å². The first-order chi connectivity index (χ1) is 6.33. The Morgan fingerprint density at radius 2 is 1.93 bits per heavy atom. The van der Waals surface area contributed by atoms with Gasteiger partial charge in [0, 0.05) is 12.1 Å². The molecular formula is C11H15ClFN. The topological polar surface area (TPSA) is 26.0 Å². The lowest BCUT2D eigenvalue weighted by molar-refractivity contribution is 0.566. The molecule has 0 aliphatic heterocycles. The molecule has 14 heavy (non-hydrogen) atoms. The fourth-order valence-corrected chi connectivity index (χ4v) is 1.99. The summed E-state index contributed by atoms with van der Waals surface area (Å²) in [6, 6.07) is 3.85. The smallest absolute Gasteiger partial charge is 0.131 e. The predicted octanol–water partition coefficient (Wildman–Crippen LogP) is 2.59. The number of nitrogens with two attached hydrogens (primary N) is 1. The molecule has 0 spiro atoms. The molecule has 0 radical (unpaired) electrons. The van der Waals surface area contributed by atoms with E-state index in [0.29, 0.717) is 12.1 Å². The summed E-state index contributed by atoms with van der Waals surface area (Å²) < 4.78 is 13.7. The van der Waals surface area contributed by atoms with Gasteiger partial charge in [-0.1, -0.05) is 12.1 Å². The summed E-state index contributed by atoms with van der Waals surface area (Å²) >= 11 is 0. The molecule has 1 nitrogen and oxygen atoms in total. The van der Waals surface area contributed by atoms with Gasteiger partial charge in [0.1, 0.15) is 5.82 Å². The third-order valence-corrected chi connectivity index (χ3v) is 2.76. The third kappa shape index (κ3) is 1.91. The molecule has 0 fully saturated rings. The highest BCUT2D eigenvalue weighted by Crippen LogP contribution is 2.25. The van der Waals surface area contributed by atoms with Gasteiger partial charge < -0.3 is 5.73 Å². The van der Waals surface area contributed by atoms with E-state index in [4.69, 9.17) is 5.73 Å². The van der Waals surface area contributed by atoms with Crippen molar-refractivity contribution in [1.29, 1.82) is 0 Å². The Balaban J connectivity index is 0.000000980. The molecule has 0 saturated heterocycles. The molecule has 1 aromatic carbocycles. The molecule has 1 aliphatic rings. The molecule has 0 amide bonds. The minimum atomic E-state index is -0.0558. The highest BCUT2D eigenvalue weighted by atomic mass is 35.5. The maximum atomic E-state index is 13.7. The number of fused-ring (bicyclic) bond motifs is 1. The van der Waals surface area contributed by atoms with E-state index in [1.807, 2.05) is 12.1 Å². The van der Waals surface area contributed by atoms with Crippen LogP contribution in [-0.2, 0) is 19.4 Å². The quantitative estimate of drug-likeness (QED) is 0.766. The van der Waals surface area contributed by atoms with Gasteiger partial charge in [0.05, 0.1) is 0 Å². The van der Waals surface area contributed by atoms with Gasteiger partial charge in [-0.15, -0.1) is 12.4 Å². The Hall–Kier alpha value is -0.600. The third-order valence-electron chi connectivity index (χ3n) is 2.76. The zero-order valence-corrected chi connectivity index (χ0v) is 8.87. The van der Waals surface area contributed by atoms with Gasteiger partial charge in [0.25, 0.3) is 0 Å². The maximum absolute atomic E-state index is 13.7. The fraction of sp³-hybridized carbons (Fsp3) is 0.455. The van der Waals surface area contributed by atoms with Crippen LogP contribution in [0.2, 0.25) is 0 Å². The molecule has 0 aromatic heterocycles. The van der Waals surface area contributed by atoms with E-state index in [1.165, 1.54) is 12.0 Å². The normalized spacial score (nSPS) is 14.4. The minimum Gasteiger partial charge on any atom is -0.326 e. The SMILES string of the molecule is Cl.NCc1ccc2c(c1F)CCCC2. The molecule has 0 heterocycles. The van der Waals surface area contributed by atoms with Gasteiger partial charge in [0.2, 0.25) is 0 Å². The summed E-state index contributed by atoms with van der Waals surface area (Å²) in [6.45, 7) is 0.305. The van der Waals surface area contributed by atoms with Crippen molar-refractivity contribution in [3.05, 3.63) is 34.6 Å². The van der Waals surface area contributed by atoms with Crippen LogP contribution in [0, 0.1) is 5.82 Å². The van der Waals surface area contributed by atoms with E-state index in [9.17, 15) is 4.39 Å². The Labute approximate surface area is 89.9 Å². The van der Waals surface area contributed by atoms with E-state index in [0.717, 1.165) is 24.8 Å². The van der Waals surface area contributed by atoms with Crippen molar-refractivity contribution in [3.63, 3.8) is 0 Å². The van der Waals surface area contributed by atoms with Crippen molar-refractivity contribution in [3.8, 4) is 0 Å². The van der Waals surface area contributed by atoms with E-state index in [1.54, 1.807) is 0 Å². The molecule has 0 unspecified atom stereocenters. The van der Waals surface area contributed by atoms with Crippen molar-refractivity contribution in [2.24, 2.45) is 5.73 Å². The summed E-state index contributed by atoms with van der Waals surface area (Å²) in [5.41, 5.74) is 8.19. The highest BCUT2D eigenvalue weighted by Gasteiger charge is 2.15. The molecule has 0 saturated carbocycles. The number of aryl methyl sites for hydroxylation is 1. The van der Waals surface area contributed by atoms with E-state index in [2.05, 4.69) is 0 Å². The average Bonchev–Trinajstić information content (AvgIpc) is 2.19. The molecule has 78 valence electrons. The number of hydrogen-bond acceptors (Lipinski definition) is 1. The molecule has 0 bridgehead atoms. The summed E-state index contributed by atoms with van der Waals surface area (Å²) in [5, 5.41) is 0. The standard InChI is InChI=1S/C11H14FN.ClH/c12-11-9(7-13)6-5-8-3-1-2-4-10(8)11;/h5-6H,1-4,7,13H2;1H. The van der Waals surface area contributed by atoms with Crippen LogP contribution in [0.1, 0.15) is 29.5 Å². The largest absolute Gasteiger partial charge is 0.326 e. The minimum absolute atomic E-state index is 0. The molecule has 1 aliphatic carbocycles. The fourth-order valence-electron chi connectivity index (χ4n) is 1.99. The Bertz CT molecular complexity index is 325. The van der Waals surface area contributed by atoms with Gasteiger partial charge >= 0.3 is 0 Å². The zero-order chi connectivity index (χ0) is 9.26. The van der Waals surface area contributed by atoms with Crippen LogP contribution < -0.4 is 5.73 Å². The molecule has 2 rings (SSSR count). The van der Waals surface area contributed by atoms with Gasteiger partial charge in [-0.05, 0) is 36.8 Å². The number of halogens is 2. The number of hydrogen-bond donors (Lipinski definition) is 1. The monoisotopic (exact) mass is 215 g/mol. The van der Waals surface area contributed by atoms with Crippen molar-refractivity contribution < 1.29 is 4.39 Å². The summed E-state index contributed by atoms with van der Waals surface area (Å²) in [4.78, 5) is 0. The van der Waals surface area contributed by atoms with Gasteiger partial charge in [-0.3, -0.25) is 0 Å².